The number of hydrogen-bond donors (Lipinski definition) is 1. The minimum atomic E-state index is -3.36. The van der Waals surface area contributed by atoms with Crippen LogP contribution in [-0.4, -0.2) is 33.4 Å². The van der Waals surface area contributed by atoms with Crippen LogP contribution in [0, 0.1) is 6.92 Å². The molecule has 18 heavy (non-hydrogen) atoms. The van der Waals surface area contributed by atoms with E-state index in [1.807, 2.05) is 19.1 Å². The van der Waals surface area contributed by atoms with Crippen molar-refractivity contribution < 1.29 is 8.42 Å². The summed E-state index contributed by atoms with van der Waals surface area (Å²) in [7, 11) is -0.250. The van der Waals surface area contributed by atoms with Gasteiger partial charge < -0.3 is 5.32 Å². The third kappa shape index (κ3) is 3.54. The zero-order valence-corrected chi connectivity index (χ0v) is 12.3. The molecule has 0 fully saturated rings. The van der Waals surface area contributed by atoms with Gasteiger partial charge in [0.1, 0.15) is 0 Å². The maximum atomic E-state index is 12.1. The van der Waals surface area contributed by atoms with Crippen molar-refractivity contribution in [2.45, 2.75) is 31.7 Å². The molecule has 0 unspecified atom stereocenters. The molecule has 0 aliphatic heterocycles. The molecule has 1 N–H and O–H groups in total. The highest BCUT2D eigenvalue weighted by Crippen LogP contribution is 2.19. The molecule has 102 valence electrons. The van der Waals surface area contributed by atoms with Gasteiger partial charge in [-0.25, -0.2) is 12.7 Å². The third-order valence-electron chi connectivity index (χ3n) is 2.77. The van der Waals surface area contributed by atoms with Crippen LogP contribution >= 0.6 is 0 Å². The number of nitrogens with zero attached hydrogens (tertiary/aromatic N) is 1. The number of sulfonamides is 1. The lowest BCUT2D eigenvalue weighted by Crippen LogP contribution is -2.23. The lowest BCUT2D eigenvalue weighted by atomic mass is 10.1. The molecule has 1 aromatic rings. The van der Waals surface area contributed by atoms with Gasteiger partial charge in [-0.2, -0.15) is 0 Å². The lowest BCUT2D eigenvalue weighted by molar-refractivity contribution is 0.520. The molecule has 0 atom stereocenters. The normalized spacial score (nSPS) is 12.1. The van der Waals surface area contributed by atoms with Crippen molar-refractivity contribution >= 4 is 10.0 Å². The van der Waals surface area contributed by atoms with Crippen LogP contribution in [0.25, 0.3) is 0 Å². The summed E-state index contributed by atoms with van der Waals surface area (Å²) >= 11 is 0. The predicted octanol–water partition coefficient (Wildman–Crippen LogP) is 1.74. The summed E-state index contributed by atoms with van der Waals surface area (Å²) in [5.74, 6) is 0. The Balaban J connectivity index is 3.02. The second-order valence-electron chi connectivity index (χ2n) is 4.56. The van der Waals surface area contributed by atoms with Gasteiger partial charge in [0.05, 0.1) is 4.90 Å². The Morgan fingerprint density at radius 2 is 1.94 bits per heavy atom. The summed E-state index contributed by atoms with van der Waals surface area (Å²) in [6, 6.07) is 5.58. The topological polar surface area (TPSA) is 49.4 Å². The minimum Gasteiger partial charge on any atom is -0.313 e. The molecular formula is C13H22N2O2S. The zero-order chi connectivity index (χ0) is 13.8. The molecular weight excluding hydrogens is 248 g/mol. The zero-order valence-electron chi connectivity index (χ0n) is 11.5. The van der Waals surface area contributed by atoms with Crippen LogP contribution in [0.1, 0.15) is 24.5 Å². The second kappa shape index (κ2) is 6.31. The third-order valence-corrected chi connectivity index (χ3v) is 4.72. The van der Waals surface area contributed by atoms with E-state index in [0.29, 0.717) is 11.4 Å². The summed E-state index contributed by atoms with van der Waals surface area (Å²) in [4.78, 5) is 0.392. The van der Waals surface area contributed by atoms with E-state index in [0.717, 1.165) is 24.1 Å². The number of hydrogen-bond acceptors (Lipinski definition) is 3. The van der Waals surface area contributed by atoms with Gasteiger partial charge in [0.2, 0.25) is 10.0 Å². The minimum absolute atomic E-state index is 0.392. The van der Waals surface area contributed by atoms with Gasteiger partial charge in [-0.1, -0.05) is 19.1 Å². The number of aryl methyl sites for hydroxylation is 1. The maximum absolute atomic E-state index is 12.1. The summed E-state index contributed by atoms with van der Waals surface area (Å²) in [6.45, 7) is 5.55. The van der Waals surface area contributed by atoms with Gasteiger partial charge in [0, 0.05) is 20.6 Å². The monoisotopic (exact) mass is 270 g/mol. The first-order chi connectivity index (χ1) is 8.39. The Morgan fingerprint density at radius 1 is 1.28 bits per heavy atom. The van der Waals surface area contributed by atoms with Gasteiger partial charge in [0.25, 0.3) is 0 Å². The molecule has 0 amide bonds. The molecule has 0 aliphatic rings. The van der Waals surface area contributed by atoms with Gasteiger partial charge in [-0.3, -0.25) is 0 Å². The predicted molar refractivity (Wildman–Crippen MR) is 74.0 cm³/mol. The molecule has 0 radical (unpaired) electrons. The Labute approximate surface area is 110 Å². The SMILES string of the molecule is CCCNCc1ccc(C)c(S(=O)(=O)N(C)C)c1. The average molecular weight is 270 g/mol. The molecule has 1 rings (SSSR count). The molecule has 0 heterocycles. The molecule has 0 saturated heterocycles. The largest absolute Gasteiger partial charge is 0.313 e. The van der Waals surface area contributed by atoms with Crippen LogP contribution in [-0.2, 0) is 16.6 Å². The molecule has 0 aromatic heterocycles. The van der Waals surface area contributed by atoms with E-state index in [4.69, 9.17) is 0 Å². The van der Waals surface area contributed by atoms with Crippen molar-refractivity contribution in [3.05, 3.63) is 29.3 Å². The van der Waals surface area contributed by atoms with Gasteiger partial charge in [0.15, 0.2) is 0 Å². The van der Waals surface area contributed by atoms with Crippen LogP contribution in [0.2, 0.25) is 0 Å². The van der Waals surface area contributed by atoms with E-state index in [-0.39, 0.29) is 0 Å². The quantitative estimate of drug-likeness (QED) is 0.801. The van der Waals surface area contributed by atoms with E-state index in [1.54, 1.807) is 20.2 Å². The lowest BCUT2D eigenvalue weighted by Gasteiger charge is -2.15. The van der Waals surface area contributed by atoms with Crippen LogP contribution in [0.4, 0.5) is 0 Å². The standard InChI is InChI=1S/C13H22N2O2S/c1-5-8-14-10-12-7-6-11(2)13(9-12)18(16,17)15(3)4/h6-7,9,14H,5,8,10H2,1-4H3. The molecule has 0 bridgehead atoms. The van der Waals surface area contributed by atoms with E-state index in [9.17, 15) is 8.42 Å². The molecule has 0 saturated carbocycles. The first-order valence-corrected chi connectivity index (χ1v) is 7.56. The van der Waals surface area contributed by atoms with Crippen LogP contribution < -0.4 is 5.32 Å². The second-order valence-corrected chi connectivity index (χ2v) is 6.68. The van der Waals surface area contributed by atoms with Crippen LogP contribution in [0.5, 0.6) is 0 Å². The fraction of sp³-hybridized carbons (Fsp3) is 0.538. The van der Waals surface area contributed by atoms with Crippen molar-refractivity contribution in [2.75, 3.05) is 20.6 Å². The Kier molecular flexibility index (Phi) is 5.31. The van der Waals surface area contributed by atoms with Crippen molar-refractivity contribution in [3.63, 3.8) is 0 Å². The number of benzene rings is 1. The van der Waals surface area contributed by atoms with E-state index >= 15 is 0 Å². The van der Waals surface area contributed by atoms with Crippen molar-refractivity contribution in [3.8, 4) is 0 Å². The highest BCUT2D eigenvalue weighted by atomic mass is 32.2. The smallest absolute Gasteiger partial charge is 0.242 e. The fourth-order valence-corrected chi connectivity index (χ4v) is 2.81. The first kappa shape index (κ1) is 15.1. The highest BCUT2D eigenvalue weighted by molar-refractivity contribution is 7.89. The molecule has 4 nitrogen and oxygen atoms in total. The van der Waals surface area contributed by atoms with Crippen LogP contribution in [0.15, 0.2) is 23.1 Å². The molecule has 5 heteroatoms. The van der Waals surface area contributed by atoms with E-state index in [1.165, 1.54) is 4.31 Å². The Hall–Kier alpha value is -0.910. The molecule has 1 aromatic carbocycles. The molecule has 0 aliphatic carbocycles. The van der Waals surface area contributed by atoms with Crippen molar-refractivity contribution in [1.29, 1.82) is 0 Å². The Morgan fingerprint density at radius 3 is 2.50 bits per heavy atom. The average Bonchev–Trinajstić information content (AvgIpc) is 2.31. The first-order valence-electron chi connectivity index (χ1n) is 6.12. The number of nitrogens with one attached hydrogen (secondary N) is 1. The summed E-state index contributed by atoms with van der Waals surface area (Å²) in [5, 5.41) is 3.27. The van der Waals surface area contributed by atoms with E-state index in [2.05, 4.69) is 12.2 Å². The Bertz CT molecular complexity index is 496. The summed E-state index contributed by atoms with van der Waals surface area (Å²) in [6.07, 6.45) is 1.06. The summed E-state index contributed by atoms with van der Waals surface area (Å²) in [5.41, 5.74) is 1.78. The van der Waals surface area contributed by atoms with Crippen molar-refractivity contribution in [2.24, 2.45) is 0 Å². The van der Waals surface area contributed by atoms with Gasteiger partial charge in [-0.15, -0.1) is 0 Å². The maximum Gasteiger partial charge on any atom is 0.242 e. The van der Waals surface area contributed by atoms with E-state index < -0.39 is 10.0 Å². The van der Waals surface area contributed by atoms with Crippen LogP contribution in [0.3, 0.4) is 0 Å². The molecule has 0 spiro atoms. The fourth-order valence-electron chi connectivity index (χ4n) is 1.64. The number of rotatable bonds is 6. The van der Waals surface area contributed by atoms with Gasteiger partial charge >= 0.3 is 0 Å². The van der Waals surface area contributed by atoms with Gasteiger partial charge in [-0.05, 0) is 37.1 Å². The summed E-state index contributed by atoms with van der Waals surface area (Å²) < 4.78 is 25.5. The highest BCUT2D eigenvalue weighted by Gasteiger charge is 2.19. The van der Waals surface area contributed by atoms with Crippen molar-refractivity contribution in [1.82, 2.24) is 9.62 Å².